The maximum atomic E-state index is 12.1. The molecule has 2 rings (SSSR count). The van der Waals surface area contributed by atoms with Gasteiger partial charge in [-0.1, -0.05) is 0 Å². The number of hydrogen-bond acceptors (Lipinski definition) is 4. The van der Waals surface area contributed by atoms with Crippen LogP contribution in [0.5, 0.6) is 0 Å². The van der Waals surface area contributed by atoms with E-state index in [0.717, 1.165) is 19.3 Å². The summed E-state index contributed by atoms with van der Waals surface area (Å²) in [6.45, 7) is 1.25. The number of likely N-dealkylation sites (tertiary alicyclic amines) is 1. The van der Waals surface area contributed by atoms with Crippen molar-refractivity contribution < 1.29 is 18.0 Å². The van der Waals surface area contributed by atoms with Gasteiger partial charge in [-0.15, -0.1) is 0 Å². The van der Waals surface area contributed by atoms with Crippen molar-refractivity contribution >= 4 is 21.7 Å². The monoisotopic (exact) mass is 288 g/mol. The molecule has 2 heterocycles. The summed E-state index contributed by atoms with van der Waals surface area (Å²) >= 11 is 0. The first kappa shape index (κ1) is 14.3. The van der Waals surface area contributed by atoms with Gasteiger partial charge in [-0.25, -0.2) is 8.42 Å². The van der Waals surface area contributed by atoms with Crippen molar-refractivity contribution in [1.82, 2.24) is 9.80 Å². The van der Waals surface area contributed by atoms with Crippen LogP contribution in [0.4, 0.5) is 0 Å². The number of sulfone groups is 1. The summed E-state index contributed by atoms with van der Waals surface area (Å²) in [7, 11) is -1.52. The summed E-state index contributed by atoms with van der Waals surface area (Å²) in [4.78, 5) is 27.0. The number of piperidine rings is 1. The van der Waals surface area contributed by atoms with Crippen molar-refractivity contribution in [2.75, 3.05) is 31.6 Å². The molecule has 19 heavy (non-hydrogen) atoms. The minimum Gasteiger partial charge on any atom is -0.334 e. The molecule has 108 valence electrons. The van der Waals surface area contributed by atoms with E-state index in [9.17, 15) is 18.0 Å². The standard InChI is InChI=1S/C12H20N2O4S/c1-13(10-5-8-19(17,18)9-10)11(15)12(16)14-6-3-2-4-7-14/h10H,2-9H2,1H3. The minimum absolute atomic E-state index is 0.0253. The van der Waals surface area contributed by atoms with E-state index in [1.165, 1.54) is 11.9 Å². The van der Waals surface area contributed by atoms with E-state index in [1.54, 1.807) is 4.90 Å². The summed E-state index contributed by atoms with van der Waals surface area (Å²) in [5.74, 6) is -0.995. The molecule has 2 aliphatic rings. The molecule has 0 bridgehead atoms. The van der Waals surface area contributed by atoms with Gasteiger partial charge in [0.2, 0.25) is 0 Å². The Hall–Kier alpha value is -1.11. The normalized spacial score (nSPS) is 26.2. The highest BCUT2D eigenvalue weighted by molar-refractivity contribution is 7.91. The second kappa shape index (κ2) is 5.48. The van der Waals surface area contributed by atoms with Crippen molar-refractivity contribution in [3.63, 3.8) is 0 Å². The molecule has 0 spiro atoms. The van der Waals surface area contributed by atoms with E-state index < -0.39 is 21.7 Å². The van der Waals surface area contributed by atoms with Crippen LogP contribution in [0.1, 0.15) is 25.7 Å². The molecule has 6 nitrogen and oxygen atoms in total. The van der Waals surface area contributed by atoms with Crippen molar-refractivity contribution in [1.29, 1.82) is 0 Å². The van der Waals surface area contributed by atoms with E-state index in [0.29, 0.717) is 19.5 Å². The third-order valence-corrected chi connectivity index (χ3v) is 5.65. The second-order valence-corrected chi connectivity index (χ2v) is 7.55. The first-order valence-corrected chi connectivity index (χ1v) is 8.49. The lowest BCUT2D eigenvalue weighted by Crippen LogP contribution is -2.49. The number of nitrogens with zero attached hydrogens (tertiary/aromatic N) is 2. The Bertz CT molecular complexity index is 468. The molecule has 2 saturated heterocycles. The molecule has 1 unspecified atom stereocenters. The van der Waals surface area contributed by atoms with E-state index in [2.05, 4.69) is 0 Å². The predicted octanol–water partition coefficient (Wildman–Crippen LogP) is -0.356. The van der Waals surface area contributed by atoms with Crippen LogP contribution in [0.15, 0.2) is 0 Å². The van der Waals surface area contributed by atoms with E-state index >= 15 is 0 Å². The highest BCUT2D eigenvalue weighted by Crippen LogP contribution is 2.17. The molecule has 0 N–H and O–H groups in total. The lowest BCUT2D eigenvalue weighted by Gasteiger charge is -2.29. The largest absolute Gasteiger partial charge is 0.334 e. The molecule has 0 aromatic rings. The van der Waals surface area contributed by atoms with E-state index in [4.69, 9.17) is 0 Å². The smallest absolute Gasteiger partial charge is 0.312 e. The fraction of sp³-hybridized carbons (Fsp3) is 0.833. The van der Waals surface area contributed by atoms with Crippen LogP contribution in [0.2, 0.25) is 0 Å². The molecule has 0 aromatic carbocycles. The molecule has 2 fully saturated rings. The zero-order valence-corrected chi connectivity index (χ0v) is 12.0. The lowest BCUT2D eigenvalue weighted by atomic mass is 10.1. The average Bonchev–Trinajstić information content (AvgIpc) is 2.77. The molecular formula is C12H20N2O4S. The maximum absolute atomic E-state index is 12.1. The molecule has 1 atom stereocenters. The van der Waals surface area contributed by atoms with Gasteiger partial charge in [0, 0.05) is 26.2 Å². The number of amides is 2. The topological polar surface area (TPSA) is 74.8 Å². The number of rotatable bonds is 1. The fourth-order valence-electron chi connectivity index (χ4n) is 2.63. The van der Waals surface area contributed by atoms with Gasteiger partial charge in [0.25, 0.3) is 0 Å². The molecular weight excluding hydrogens is 268 g/mol. The quantitative estimate of drug-likeness (QED) is 0.618. The van der Waals surface area contributed by atoms with Gasteiger partial charge in [-0.3, -0.25) is 9.59 Å². The number of carbonyl (C=O) groups is 2. The van der Waals surface area contributed by atoms with Gasteiger partial charge in [-0.05, 0) is 25.7 Å². The van der Waals surface area contributed by atoms with Crippen LogP contribution in [-0.2, 0) is 19.4 Å². The number of hydrogen-bond donors (Lipinski definition) is 0. The van der Waals surface area contributed by atoms with Gasteiger partial charge >= 0.3 is 11.8 Å². The van der Waals surface area contributed by atoms with Crippen LogP contribution in [0.3, 0.4) is 0 Å². The van der Waals surface area contributed by atoms with Crippen molar-refractivity contribution in [3.8, 4) is 0 Å². The minimum atomic E-state index is -3.04. The summed E-state index contributed by atoms with van der Waals surface area (Å²) in [5, 5.41) is 0. The summed E-state index contributed by atoms with van der Waals surface area (Å²) in [6.07, 6.45) is 3.38. The van der Waals surface area contributed by atoms with Gasteiger partial charge in [0.05, 0.1) is 11.5 Å². The van der Waals surface area contributed by atoms with Gasteiger partial charge in [-0.2, -0.15) is 0 Å². The molecule has 2 aliphatic heterocycles. The molecule has 0 radical (unpaired) electrons. The van der Waals surface area contributed by atoms with Crippen LogP contribution in [0, 0.1) is 0 Å². The zero-order chi connectivity index (χ0) is 14.0. The third-order valence-electron chi connectivity index (χ3n) is 3.90. The van der Waals surface area contributed by atoms with Crippen LogP contribution in [0.25, 0.3) is 0 Å². The Morgan fingerprint density at radius 3 is 2.32 bits per heavy atom. The number of likely N-dealkylation sites (N-methyl/N-ethyl adjacent to an activating group) is 1. The summed E-state index contributed by atoms with van der Waals surface area (Å²) < 4.78 is 22.8. The van der Waals surface area contributed by atoms with Gasteiger partial charge in [0.15, 0.2) is 9.84 Å². The Balaban J connectivity index is 1.97. The first-order valence-electron chi connectivity index (χ1n) is 6.67. The Labute approximate surface area is 113 Å². The van der Waals surface area contributed by atoms with E-state index in [-0.39, 0.29) is 17.5 Å². The predicted molar refractivity (Wildman–Crippen MR) is 70.3 cm³/mol. The highest BCUT2D eigenvalue weighted by atomic mass is 32.2. The Morgan fingerprint density at radius 2 is 1.79 bits per heavy atom. The molecule has 0 aromatic heterocycles. The van der Waals surface area contributed by atoms with Gasteiger partial charge < -0.3 is 9.80 Å². The first-order chi connectivity index (χ1) is 8.91. The maximum Gasteiger partial charge on any atom is 0.312 e. The van der Waals surface area contributed by atoms with Crippen molar-refractivity contribution in [2.24, 2.45) is 0 Å². The fourth-order valence-corrected chi connectivity index (χ4v) is 4.40. The van der Waals surface area contributed by atoms with Crippen molar-refractivity contribution in [3.05, 3.63) is 0 Å². The van der Waals surface area contributed by atoms with Gasteiger partial charge in [0.1, 0.15) is 0 Å². The lowest BCUT2D eigenvalue weighted by molar-refractivity contribution is -0.152. The molecule has 7 heteroatoms. The number of carbonyl (C=O) groups excluding carboxylic acids is 2. The second-order valence-electron chi connectivity index (χ2n) is 5.33. The summed E-state index contributed by atoms with van der Waals surface area (Å²) in [6, 6.07) is -0.355. The summed E-state index contributed by atoms with van der Waals surface area (Å²) in [5.41, 5.74) is 0. The highest BCUT2D eigenvalue weighted by Gasteiger charge is 2.36. The van der Waals surface area contributed by atoms with E-state index in [1.807, 2.05) is 0 Å². The zero-order valence-electron chi connectivity index (χ0n) is 11.2. The molecule has 0 saturated carbocycles. The Morgan fingerprint density at radius 1 is 1.16 bits per heavy atom. The van der Waals surface area contributed by atoms with Crippen LogP contribution in [-0.4, -0.2) is 67.7 Å². The molecule has 0 aliphatic carbocycles. The van der Waals surface area contributed by atoms with Crippen molar-refractivity contribution in [2.45, 2.75) is 31.7 Å². The Kier molecular flexibility index (Phi) is 4.13. The third kappa shape index (κ3) is 3.26. The van der Waals surface area contributed by atoms with Crippen LogP contribution >= 0.6 is 0 Å². The van der Waals surface area contributed by atoms with Crippen LogP contribution < -0.4 is 0 Å². The SMILES string of the molecule is CN(C(=O)C(=O)N1CCCCC1)C1CCS(=O)(=O)C1. The average molecular weight is 288 g/mol. The molecule has 2 amide bonds.